The fourth-order valence-corrected chi connectivity index (χ4v) is 4.25. The molecule has 1 aliphatic heterocycles. The molecule has 1 saturated carbocycles. The normalized spacial score (nSPS) is 21.0. The number of carbonyl (C=O) groups is 1. The van der Waals surface area contributed by atoms with Crippen LogP contribution in [-0.2, 0) is 17.6 Å². The van der Waals surface area contributed by atoms with E-state index in [4.69, 9.17) is 5.73 Å². The van der Waals surface area contributed by atoms with Gasteiger partial charge in [0.15, 0.2) is 5.96 Å². The largest absolute Gasteiger partial charge is 0.370 e. The first-order valence-electron chi connectivity index (χ1n) is 10.4. The predicted octanol–water partition coefficient (Wildman–Crippen LogP) is 1.85. The van der Waals surface area contributed by atoms with Gasteiger partial charge in [0.25, 0.3) is 0 Å². The second-order valence-corrected chi connectivity index (χ2v) is 8.02. The topological polar surface area (TPSA) is 74.0 Å². The molecule has 4 rings (SSSR count). The Kier molecular flexibility index (Phi) is 5.62. The van der Waals surface area contributed by atoms with Gasteiger partial charge in [0, 0.05) is 44.3 Å². The summed E-state index contributed by atoms with van der Waals surface area (Å²) in [5.74, 6) is 1.17. The summed E-state index contributed by atoms with van der Waals surface area (Å²) < 4.78 is 0. The van der Waals surface area contributed by atoms with Crippen LogP contribution >= 0.6 is 0 Å². The van der Waals surface area contributed by atoms with Crippen molar-refractivity contribution in [3.8, 4) is 0 Å². The van der Waals surface area contributed by atoms with Crippen LogP contribution in [0.1, 0.15) is 36.8 Å². The zero-order chi connectivity index (χ0) is 18.6. The van der Waals surface area contributed by atoms with E-state index in [-0.39, 0.29) is 0 Å². The summed E-state index contributed by atoms with van der Waals surface area (Å²) in [5, 5.41) is 3.21. The summed E-state index contributed by atoms with van der Waals surface area (Å²) in [6.45, 7) is 5.14. The minimum atomic E-state index is 0.311. The number of hydrogen-bond acceptors (Lipinski definition) is 3. The van der Waals surface area contributed by atoms with Crippen molar-refractivity contribution in [2.45, 2.75) is 38.5 Å². The molecular weight excluding hydrogens is 338 g/mol. The van der Waals surface area contributed by atoms with Gasteiger partial charge in [-0.1, -0.05) is 12.5 Å². The molecule has 27 heavy (non-hydrogen) atoms. The van der Waals surface area contributed by atoms with Crippen LogP contribution in [0, 0.1) is 5.92 Å². The molecule has 6 nitrogen and oxygen atoms in total. The number of benzene rings is 1. The Balaban J connectivity index is 1.18. The lowest BCUT2D eigenvalue weighted by molar-refractivity contribution is -0.139. The fourth-order valence-electron chi connectivity index (χ4n) is 4.25. The molecule has 146 valence electrons. The molecule has 2 fully saturated rings. The minimum Gasteiger partial charge on any atom is -0.370 e. The first kappa shape index (κ1) is 18.3. The average molecular weight is 370 g/mol. The van der Waals surface area contributed by atoms with Gasteiger partial charge in [-0.25, -0.2) is 0 Å². The number of guanidine groups is 1. The Labute approximate surface area is 161 Å². The molecule has 0 unspecified atom stereocenters. The van der Waals surface area contributed by atoms with Crippen molar-refractivity contribution < 1.29 is 4.79 Å². The zero-order valence-corrected chi connectivity index (χ0v) is 16.1. The monoisotopic (exact) mass is 369 g/mol. The molecular formula is C21H31N5O. The van der Waals surface area contributed by atoms with Gasteiger partial charge in [0.1, 0.15) is 0 Å². The lowest BCUT2D eigenvalue weighted by atomic mass is 9.84. The van der Waals surface area contributed by atoms with E-state index >= 15 is 0 Å². The Bertz CT molecular complexity index is 705. The highest BCUT2D eigenvalue weighted by Gasteiger charge is 2.30. The maximum absolute atomic E-state index is 12.3. The number of nitrogens with zero attached hydrogens (tertiary/aromatic N) is 3. The highest BCUT2D eigenvalue weighted by molar-refractivity contribution is 5.92. The highest BCUT2D eigenvalue weighted by Crippen LogP contribution is 2.28. The quantitative estimate of drug-likeness (QED) is 0.614. The molecule has 2 aliphatic carbocycles. The number of anilines is 1. The van der Waals surface area contributed by atoms with Crippen LogP contribution in [0.5, 0.6) is 0 Å². The van der Waals surface area contributed by atoms with Gasteiger partial charge in [-0.3, -0.25) is 14.7 Å². The Morgan fingerprint density at radius 1 is 1.11 bits per heavy atom. The van der Waals surface area contributed by atoms with Gasteiger partial charge in [-0.05, 0) is 55.4 Å². The maximum atomic E-state index is 12.3. The molecule has 6 heteroatoms. The number of piperazine rings is 1. The van der Waals surface area contributed by atoms with Crippen molar-refractivity contribution in [3.05, 3.63) is 29.3 Å². The van der Waals surface area contributed by atoms with E-state index in [0.717, 1.165) is 57.7 Å². The molecule has 0 atom stereocenters. The second-order valence-electron chi connectivity index (χ2n) is 8.02. The van der Waals surface area contributed by atoms with Crippen LogP contribution in [-0.4, -0.2) is 60.9 Å². The van der Waals surface area contributed by atoms with Gasteiger partial charge in [0.2, 0.25) is 5.91 Å². The van der Waals surface area contributed by atoms with Crippen molar-refractivity contribution in [2.75, 3.05) is 44.6 Å². The van der Waals surface area contributed by atoms with Crippen LogP contribution in [0.15, 0.2) is 23.2 Å². The lowest BCUT2D eigenvalue weighted by Crippen LogP contribution is -2.51. The fraction of sp³-hybridized carbons (Fsp3) is 0.619. The molecule has 1 aromatic rings. The summed E-state index contributed by atoms with van der Waals surface area (Å²) >= 11 is 0. The molecule has 0 spiro atoms. The van der Waals surface area contributed by atoms with Crippen molar-refractivity contribution in [1.82, 2.24) is 9.80 Å². The molecule has 1 heterocycles. The Hall–Kier alpha value is -2.08. The standard InChI is InChI=1S/C21H31N5O/c22-21(24-19-8-7-16-3-1-6-18(16)15-19)23-9-10-25-11-13-26(14-12-25)20(27)17-4-2-5-17/h7-8,15,17H,1-6,9-14H2,(H3,22,23,24). The van der Waals surface area contributed by atoms with Gasteiger partial charge in [0.05, 0.1) is 6.54 Å². The second kappa shape index (κ2) is 8.30. The van der Waals surface area contributed by atoms with E-state index in [2.05, 4.69) is 33.4 Å². The number of rotatable bonds is 5. The highest BCUT2D eigenvalue weighted by atomic mass is 16.2. The van der Waals surface area contributed by atoms with E-state index in [9.17, 15) is 4.79 Å². The van der Waals surface area contributed by atoms with Crippen LogP contribution in [0.2, 0.25) is 0 Å². The van der Waals surface area contributed by atoms with Crippen LogP contribution in [0.25, 0.3) is 0 Å². The summed E-state index contributed by atoms with van der Waals surface area (Å²) in [6, 6.07) is 6.48. The number of fused-ring (bicyclic) bond motifs is 1. The lowest BCUT2D eigenvalue weighted by Gasteiger charge is -2.38. The van der Waals surface area contributed by atoms with Crippen molar-refractivity contribution in [1.29, 1.82) is 0 Å². The van der Waals surface area contributed by atoms with Crippen LogP contribution in [0.4, 0.5) is 5.69 Å². The molecule has 1 amide bonds. The first-order chi connectivity index (χ1) is 13.2. The zero-order valence-electron chi connectivity index (χ0n) is 16.1. The van der Waals surface area contributed by atoms with Crippen molar-refractivity contribution >= 4 is 17.6 Å². The third-order valence-electron chi connectivity index (χ3n) is 6.21. The number of carbonyl (C=O) groups excluding carboxylic acids is 1. The van der Waals surface area contributed by atoms with Gasteiger partial charge < -0.3 is 16.0 Å². The Morgan fingerprint density at radius 3 is 2.63 bits per heavy atom. The van der Waals surface area contributed by atoms with Crippen LogP contribution < -0.4 is 11.1 Å². The van der Waals surface area contributed by atoms with E-state index in [1.54, 1.807) is 0 Å². The minimum absolute atomic E-state index is 0.311. The number of hydrogen-bond donors (Lipinski definition) is 2. The summed E-state index contributed by atoms with van der Waals surface area (Å²) in [7, 11) is 0. The number of amides is 1. The van der Waals surface area contributed by atoms with Gasteiger partial charge in [-0.2, -0.15) is 0 Å². The summed E-state index contributed by atoms with van der Waals surface area (Å²) in [4.78, 5) is 21.2. The number of nitrogens with two attached hydrogens (primary N) is 1. The first-order valence-corrected chi connectivity index (χ1v) is 10.4. The Morgan fingerprint density at radius 2 is 1.89 bits per heavy atom. The SMILES string of the molecule is NC(=NCCN1CCN(C(=O)C2CCC2)CC1)Nc1ccc2c(c1)CCC2. The number of aryl methyl sites for hydroxylation is 2. The number of nitrogens with one attached hydrogen (secondary N) is 1. The van der Waals surface area contributed by atoms with Crippen molar-refractivity contribution in [2.24, 2.45) is 16.6 Å². The summed E-state index contributed by atoms with van der Waals surface area (Å²) in [5.41, 5.74) is 9.98. The average Bonchev–Trinajstić information content (AvgIpc) is 3.08. The number of aliphatic imine (C=N–C) groups is 1. The van der Waals surface area contributed by atoms with Gasteiger partial charge >= 0.3 is 0 Å². The third kappa shape index (κ3) is 4.43. The molecule has 1 saturated heterocycles. The predicted molar refractivity (Wildman–Crippen MR) is 109 cm³/mol. The third-order valence-corrected chi connectivity index (χ3v) is 6.21. The summed E-state index contributed by atoms with van der Waals surface area (Å²) in [6.07, 6.45) is 7.00. The maximum Gasteiger partial charge on any atom is 0.225 e. The molecule has 0 bridgehead atoms. The molecule has 3 N–H and O–H groups in total. The van der Waals surface area contributed by atoms with E-state index in [1.807, 2.05) is 4.90 Å². The van der Waals surface area contributed by atoms with E-state index in [1.165, 1.54) is 30.4 Å². The molecule has 1 aromatic carbocycles. The van der Waals surface area contributed by atoms with E-state index in [0.29, 0.717) is 24.3 Å². The van der Waals surface area contributed by atoms with Crippen LogP contribution in [0.3, 0.4) is 0 Å². The molecule has 0 radical (unpaired) electrons. The van der Waals surface area contributed by atoms with E-state index < -0.39 is 0 Å². The van der Waals surface area contributed by atoms with Crippen molar-refractivity contribution in [3.63, 3.8) is 0 Å². The van der Waals surface area contributed by atoms with Gasteiger partial charge in [-0.15, -0.1) is 0 Å². The molecule has 3 aliphatic rings. The smallest absolute Gasteiger partial charge is 0.225 e. The molecule has 0 aromatic heterocycles.